The zero-order chi connectivity index (χ0) is 14.8. The first-order valence-electron chi connectivity index (χ1n) is 6.70. The molecule has 0 aliphatic carbocycles. The van der Waals surface area contributed by atoms with Gasteiger partial charge in [0.15, 0.2) is 0 Å². The van der Waals surface area contributed by atoms with E-state index in [-0.39, 0.29) is 12.5 Å². The topological polar surface area (TPSA) is 71.2 Å². The maximum absolute atomic E-state index is 11.2. The van der Waals surface area contributed by atoms with Crippen LogP contribution in [0.5, 0.6) is 0 Å². The Morgan fingerprint density at radius 2 is 1.85 bits per heavy atom. The number of nitrogens with zero attached hydrogens (tertiary/aromatic N) is 3. The lowest BCUT2D eigenvalue weighted by Crippen LogP contribution is -2.55. The highest BCUT2D eigenvalue weighted by Crippen LogP contribution is 2.39. The highest BCUT2D eigenvalue weighted by Gasteiger charge is 2.49. The first kappa shape index (κ1) is 14.7. The zero-order valence-corrected chi connectivity index (χ0v) is 12.1. The van der Waals surface area contributed by atoms with Crippen molar-refractivity contribution < 1.29 is 10.2 Å². The molecule has 0 aliphatic heterocycles. The predicted molar refractivity (Wildman–Crippen MR) is 75.8 cm³/mol. The van der Waals surface area contributed by atoms with Gasteiger partial charge < -0.3 is 10.2 Å². The molecule has 0 amide bonds. The molecule has 2 atom stereocenters. The van der Waals surface area contributed by atoms with Crippen LogP contribution in [0.3, 0.4) is 0 Å². The van der Waals surface area contributed by atoms with Crippen LogP contribution in [0.1, 0.15) is 26.3 Å². The van der Waals surface area contributed by atoms with Crippen LogP contribution < -0.4 is 0 Å². The highest BCUT2D eigenvalue weighted by molar-refractivity contribution is 5.26. The molecule has 0 bridgehead atoms. The van der Waals surface area contributed by atoms with Gasteiger partial charge in [-0.3, -0.25) is 0 Å². The zero-order valence-electron chi connectivity index (χ0n) is 12.1. The number of hydrogen-bond donors (Lipinski definition) is 2. The smallest absolute Gasteiger partial charge is 0.138 e. The van der Waals surface area contributed by atoms with Gasteiger partial charge in [-0.25, -0.2) is 9.67 Å². The summed E-state index contributed by atoms with van der Waals surface area (Å²) in [5.74, 6) is -0.128. The molecule has 0 fully saturated rings. The molecule has 2 rings (SSSR count). The molecule has 5 nitrogen and oxygen atoms in total. The third-order valence-corrected chi connectivity index (χ3v) is 4.07. The molecule has 1 aromatic carbocycles. The van der Waals surface area contributed by atoms with Crippen molar-refractivity contribution in [2.45, 2.75) is 38.5 Å². The Bertz CT molecular complexity index is 538. The first-order chi connectivity index (χ1) is 9.38. The summed E-state index contributed by atoms with van der Waals surface area (Å²) in [5, 5.41) is 26.1. The van der Waals surface area contributed by atoms with Gasteiger partial charge in [-0.1, -0.05) is 44.2 Å². The molecule has 0 unspecified atom stereocenters. The van der Waals surface area contributed by atoms with Crippen molar-refractivity contribution in [3.05, 3.63) is 48.5 Å². The Morgan fingerprint density at radius 1 is 1.20 bits per heavy atom. The Labute approximate surface area is 118 Å². The van der Waals surface area contributed by atoms with Gasteiger partial charge in [0, 0.05) is 0 Å². The number of hydrogen-bond acceptors (Lipinski definition) is 4. The second-order valence-electron chi connectivity index (χ2n) is 5.62. The summed E-state index contributed by atoms with van der Waals surface area (Å²) in [6.07, 6.45) is 2.94. The molecular weight excluding hydrogens is 254 g/mol. The van der Waals surface area contributed by atoms with Gasteiger partial charge in [0.1, 0.15) is 18.3 Å². The van der Waals surface area contributed by atoms with Crippen molar-refractivity contribution in [1.29, 1.82) is 0 Å². The summed E-state index contributed by atoms with van der Waals surface area (Å²) < 4.78 is 1.53. The molecule has 0 aliphatic rings. The molecule has 0 saturated carbocycles. The van der Waals surface area contributed by atoms with E-state index in [1.54, 1.807) is 6.92 Å². The normalized spacial score (nSPS) is 17.7. The Morgan fingerprint density at radius 3 is 2.35 bits per heavy atom. The van der Waals surface area contributed by atoms with Crippen molar-refractivity contribution in [3.63, 3.8) is 0 Å². The number of aromatic nitrogens is 3. The van der Waals surface area contributed by atoms with Crippen LogP contribution in [-0.4, -0.2) is 30.6 Å². The van der Waals surface area contributed by atoms with E-state index >= 15 is 0 Å². The molecule has 2 N–H and O–H groups in total. The maximum atomic E-state index is 11.2. The van der Waals surface area contributed by atoms with Crippen LogP contribution in [-0.2, 0) is 12.1 Å². The first-order valence-corrected chi connectivity index (χ1v) is 6.70. The quantitative estimate of drug-likeness (QED) is 0.869. The molecular formula is C15H21N3O2. The molecule has 108 valence electrons. The highest BCUT2D eigenvalue weighted by atomic mass is 16.4. The van der Waals surface area contributed by atoms with Crippen molar-refractivity contribution in [2.75, 3.05) is 0 Å². The monoisotopic (exact) mass is 275 g/mol. The van der Waals surface area contributed by atoms with E-state index in [0.717, 1.165) is 0 Å². The van der Waals surface area contributed by atoms with Gasteiger partial charge in [0.05, 0.1) is 12.1 Å². The summed E-state index contributed by atoms with van der Waals surface area (Å²) in [4.78, 5) is 3.89. The lowest BCUT2D eigenvalue weighted by atomic mass is 9.72. The molecule has 0 saturated heterocycles. The minimum atomic E-state index is -1.45. The largest absolute Gasteiger partial charge is 0.386 e. The number of rotatable bonds is 5. The fourth-order valence-electron chi connectivity index (χ4n) is 2.28. The fourth-order valence-corrected chi connectivity index (χ4v) is 2.28. The summed E-state index contributed by atoms with van der Waals surface area (Å²) in [6.45, 7) is 5.56. The maximum Gasteiger partial charge on any atom is 0.138 e. The van der Waals surface area contributed by atoms with Crippen LogP contribution in [0.15, 0.2) is 43.0 Å². The molecule has 1 aromatic heterocycles. The van der Waals surface area contributed by atoms with Crippen LogP contribution in [0.4, 0.5) is 0 Å². The third-order valence-electron chi connectivity index (χ3n) is 4.07. The van der Waals surface area contributed by atoms with Gasteiger partial charge >= 0.3 is 0 Å². The van der Waals surface area contributed by atoms with Crippen LogP contribution in [0.25, 0.3) is 0 Å². The number of aliphatic hydroxyl groups is 2. The summed E-state index contributed by atoms with van der Waals surface area (Å²) in [5.41, 5.74) is -2.09. The Balaban J connectivity index is 2.48. The second kappa shape index (κ2) is 5.34. The van der Waals surface area contributed by atoms with Crippen molar-refractivity contribution >= 4 is 0 Å². The van der Waals surface area contributed by atoms with Gasteiger partial charge in [0.25, 0.3) is 0 Å². The van der Waals surface area contributed by atoms with Gasteiger partial charge in [-0.05, 0) is 18.4 Å². The van der Waals surface area contributed by atoms with Gasteiger partial charge in [-0.15, -0.1) is 0 Å². The standard InChI is InChI=1S/C15H21N3O2/c1-12(2)14(3,19)15(20,9-18-11-16-10-17-18)13-7-5-4-6-8-13/h4-8,10-12,19-20H,9H2,1-3H3/t14-,15-/m0/s1. The van der Waals surface area contributed by atoms with Gasteiger partial charge in [-0.2, -0.15) is 5.10 Å². The number of benzene rings is 1. The van der Waals surface area contributed by atoms with Crippen LogP contribution in [0.2, 0.25) is 0 Å². The molecule has 20 heavy (non-hydrogen) atoms. The van der Waals surface area contributed by atoms with E-state index in [1.165, 1.54) is 17.3 Å². The predicted octanol–water partition coefficient (Wildman–Crippen LogP) is 1.57. The minimum Gasteiger partial charge on any atom is -0.386 e. The minimum absolute atomic E-state index is 0.128. The lowest BCUT2D eigenvalue weighted by Gasteiger charge is -2.44. The van der Waals surface area contributed by atoms with E-state index in [4.69, 9.17) is 0 Å². The van der Waals surface area contributed by atoms with E-state index in [0.29, 0.717) is 5.56 Å². The van der Waals surface area contributed by atoms with Crippen LogP contribution in [0, 0.1) is 5.92 Å². The van der Waals surface area contributed by atoms with Gasteiger partial charge in [0.2, 0.25) is 0 Å². The fraction of sp³-hybridized carbons (Fsp3) is 0.467. The van der Waals surface area contributed by atoms with E-state index in [9.17, 15) is 10.2 Å². The van der Waals surface area contributed by atoms with Crippen LogP contribution >= 0.6 is 0 Å². The SMILES string of the molecule is CC(C)[C@](C)(O)[C@](O)(Cn1cncn1)c1ccccc1. The molecule has 1 heterocycles. The molecule has 5 heteroatoms. The second-order valence-corrected chi connectivity index (χ2v) is 5.62. The lowest BCUT2D eigenvalue weighted by molar-refractivity contribution is -0.180. The van der Waals surface area contributed by atoms with Crippen molar-refractivity contribution in [2.24, 2.45) is 5.92 Å². The average molecular weight is 275 g/mol. The summed E-state index contributed by atoms with van der Waals surface area (Å²) in [6, 6.07) is 9.20. The van der Waals surface area contributed by atoms with Crippen molar-refractivity contribution in [3.8, 4) is 0 Å². The average Bonchev–Trinajstić information content (AvgIpc) is 2.92. The van der Waals surface area contributed by atoms with E-state index in [1.807, 2.05) is 44.2 Å². The van der Waals surface area contributed by atoms with E-state index in [2.05, 4.69) is 10.1 Å². The molecule has 0 spiro atoms. The van der Waals surface area contributed by atoms with E-state index < -0.39 is 11.2 Å². The molecule has 2 aromatic rings. The van der Waals surface area contributed by atoms with Crippen molar-refractivity contribution in [1.82, 2.24) is 14.8 Å². The third kappa shape index (κ3) is 2.46. The Hall–Kier alpha value is -1.72. The summed E-state index contributed by atoms with van der Waals surface area (Å²) >= 11 is 0. The molecule has 0 radical (unpaired) electrons. The Kier molecular flexibility index (Phi) is 3.92. The summed E-state index contributed by atoms with van der Waals surface area (Å²) in [7, 11) is 0.